The van der Waals surface area contributed by atoms with Crippen molar-refractivity contribution in [3.8, 4) is 0 Å². The molecular weight excluding hydrogens is 206 g/mol. The van der Waals surface area contributed by atoms with Gasteiger partial charge in [0, 0.05) is 12.2 Å². The van der Waals surface area contributed by atoms with Gasteiger partial charge in [-0.3, -0.25) is 0 Å². The number of carboxylic acid groups (broad SMARTS) is 1. The monoisotopic (exact) mass is 221 g/mol. The third kappa shape index (κ3) is 2.17. The Balaban J connectivity index is 2.17. The number of carbonyl (C=O) groups is 1. The molecule has 1 aromatic rings. The zero-order chi connectivity index (χ0) is 11.5. The van der Waals surface area contributed by atoms with Crippen LogP contribution in [0.25, 0.3) is 0 Å². The third-order valence-electron chi connectivity index (χ3n) is 2.92. The van der Waals surface area contributed by atoms with Crippen LogP contribution in [-0.4, -0.2) is 29.0 Å². The summed E-state index contributed by atoms with van der Waals surface area (Å²) in [6, 6.07) is 6.63. The Labute approximate surface area is 94.1 Å². The molecule has 1 aliphatic rings. The van der Waals surface area contributed by atoms with E-state index >= 15 is 0 Å². The molecule has 0 amide bonds. The smallest absolute Gasteiger partial charge is 0.335 e. The van der Waals surface area contributed by atoms with Gasteiger partial charge in [-0.25, -0.2) is 4.79 Å². The highest BCUT2D eigenvalue weighted by Crippen LogP contribution is 2.23. The number of aliphatic hydroxyl groups is 1. The van der Waals surface area contributed by atoms with Gasteiger partial charge in [0.1, 0.15) is 6.23 Å². The lowest BCUT2D eigenvalue weighted by Crippen LogP contribution is -2.39. The number of nitrogens with zero attached hydrogens (tertiary/aromatic N) is 1. The molecule has 2 N–H and O–H groups in total. The van der Waals surface area contributed by atoms with E-state index in [2.05, 4.69) is 0 Å². The number of anilines is 1. The molecule has 1 aliphatic heterocycles. The minimum atomic E-state index is -0.925. The zero-order valence-electron chi connectivity index (χ0n) is 8.97. The molecule has 86 valence electrons. The summed E-state index contributed by atoms with van der Waals surface area (Å²) in [7, 11) is 0. The average Bonchev–Trinajstić information content (AvgIpc) is 2.30. The first-order chi connectivity index (χ1) is 7.68. The fraction of sp³-hybridized carbons (Fsp3) is 0.417. The quantitative estimate of drug-likeness (QED) is 0.797. The van der Waals surface area contributed by atoms with Crippen molar-refractivity contribution in [2.45, 2.75) is 25.5 Å². The standard InChI is InChI=1S/C12H15NO3/c14-11-3-1-2-8-13(11)10-6-4-9(5-7-10)12(15)16/h4-7,11,14H,1-3,8H2,(H,15,16). The van der Waals surface area contributed by atoms with Crippen LogP contribution in [0.2, 0.25) is 0 Å². The number of piperidine rings is 1. The lowest BCUT2D eigenvalue weighted by Gasteiger charge is -2.34. The van der Waals surface area contributed by atoms with Crippen LogP contribution in [0.5, 0.6) is 0 Å². The second-order valence-electron chi connectivity index (χ2n) is 4.02. The van der Waals surface area contributed by atoms with Crippen molar-refractivity contribution in [3.05, 3.63) is 29.8 Å². The number of aliphatic hydroxyl groups excluding tert-OH is 1. The minimum Gasteiger partial charge on any atom is -0.478 e. The van der Waals surface area contributed by atoms with Crippen LogP contribution < -0.4 is 4.90 Å². The van der Waals surface area contributed by atoms with E-state index in [0.29, 0.717) is 0 Å². The van der Waals surface area contributed by atoms with Crippen molar-refractivity contribution in [1.82, 2.24) is 0 Å². The molecule has 1 heterocycles. The average molecular weight is 221 g/mol. The van der Waals surface area contributed by atoms with E-state index in [1.807, 2.05) is 4.90 Å². The van der Waals surface area contributed by atoms with Gasteiger partial charge in [0.05, 0.1) is 5.56 Å². The summed E-state index contributed by atoms with van der Waals surface area (Å²) < 4.78 is 0. The Bertz CT molecular complexity index is 374. The van der Waals surface area contributed by atoms with Gasteiger partial charge in [-0.2, -0.15) is 0 Å². The second-order valence-corrected chi connectivity index (χ2v) is 4.02. The van der Waals surface area contributed by atoms with Gasteiger partial charge < -0.3 is 15.1 Å². The molecule has 4 nitrogen and oxygen atoms in total. The maximum atomic E-state index is 10.7. The summed E-state index contributed by atoms with van der Waals surface area (Å²) in [5, 5.41) is 18.6. The van der Waals surface area contributed by atoms with Crippen LogP contribution in [0.3, 0.4) is 0 Å². The second kappa shape index (κ2) is 4.53. The van der Waals surface area contributed by atoms with E-state index in [1.165, 1.54) is 0 Å². The topological polar surface area (TPSA) is 60.8 Å². The van der Waals surface area contributed by atoms with Gasteiger partial charge in [-0.05, 0) is 43.5 Å². The van der Waals surface area contributed by atoms with E-state index in [9.17, 15) is 9.90 Å². The van der Waals surface area contributed by atoms with Gasteiger partial charge >= 0.3 is 5.97 Å². The first-order valence-corrected chi connectivity index (χ1v) is 5.46. The number of hydrogen-bond donors (Lipinski definition) is 2. The SMILES string of the molecule is O=C(O)c1ccc(N2CCCCC2O)cc1. The van der Waals surface area contributed by atoms with Crippen molar-refractivity contribution < 1.29 is 15.0 Å². The van der Waals surface area contributed by atoms with Crippen LogP contribution >= 0.6 is 0 Å². The van der Waals surface area contributed by atoms with Crippen molar-refractivity contribution in [1.29, 1.82) is 0 Å². The molecule has 0 radical (unpaired) electrons. The predicted molar refractivity (Wildman–Crippen MR) is 60.6 cm³/mol. The van der Waals surface area contributed by atoms with Crippen LogP contribution in [-0.2, 0) is 0 Å². The van der Waals surface area contributed by atoms with E-state index < -0.39 is 12.2 Å². The maximum Gasteiger partial charge on any atom is 0.335 e. The van der Waals surface area contributed by atoms with E-state index in [-0.39, 0.29) is 5.56 Å². The highest BCUT2D eigenvalue weighted by molar-refractivity contribution is 5.88. The fourth-order valence-corrected chi connectivity index (χ4v) is 2.01. The Hall–Kier alpha value is -1.55. The highest BCUT2D eigenvalue weighted by Gasteiger charge is 2.20. The highest BCUT2D eigenvalue weighted by atomic mass is 16.4. The van der Waals surface area contributed by atoms with E-state index in [4.69, 9.17) is 5.11 Å². The summed E-state index contributed by atoms with van der Waals surface area (Å²) in [5.74, 6) is -0.925. The first kappa shape index (κ1) is 11.0. The molecule has 2 rings (SSSR count). The zero-order valence-corrected chi connectivity index (χ0v) is 8.97. The van der Waals surface area contributed by atoms with Gasteiger partial charge in [0.25, 0.3) is 0 Å². The molecule has 0 saturated carbocycles. The normalized spacial score (nSPS) is 20.8. The molecule has 0 aliphatic carbocycles. The van der Waals surface area contributed by atoms with Crippen molar-refractivity contribution in [3.63, 3.8) is 0 Å². The fourth-order valence-electron chi connectivity index (χ4n) is 2.01. The molecule has 0 bridgehead atoms. The van der Waals surface area contributed by atoms with Gasteiger partial charge in [0.15, 0.2) is 0 Å². The molecule has 1 aromatic carbocycles. The van der Waals surface area contributed by atoms with E-state index in [1.54, 1.807) is 24.3 Å². The number of hydrogen-bond acceptors (Lipinski definition) is 3. The van der Waals surface area contributed by atoms with Crippen molar-refractivity contribution >= 4 is 11.7 Å². The Morgan fingerprint density at radius 2 is 1.94 bits per heavy atom. The van der Waals surface area contributed by atoms with Crippen LogP contribution in [0, 0.1) is 0 Å². The Kier molecular flexibility index (Phi) is 3.10. The number of benzene rings is 1. The predicted octanol–water partition coefficient (Wildman–Crippen LogP) is 1.69. The Morgan fingerprint density at radius 3 is 2.50 bits per heavy atom. The summed E-state index contributed by atoms with van der Waals surface area (Å²) in [6.45, 7) is 0.827. The molecular formula is C12H15NO3. The number of carboxylic acids is 1. The van der Waals surface area contributed by atoms with Crippen molar-refractivity contribution in [2.24, 2.45) is 0 Å². The Morgan fingerprint density at radius 1 is 1.25 bits per heavy atom. The van der Waals surface area contributed by atoms with Gasteiger partial charge in [0.2, 0.25) is 0 Å². The van der Waals surface area contributed by atoms with Crippen LogP contribution in [0.1, 0.15) is 29.6 Å². The molecule has 16 heavy (non-hydrogen) atoms. The van der Waals surface area contributed by atoms with Crippen LogP contribution in [0.15, 0.2) is 24.3 Å². The molecule has 1 unspecified atom stereocenters. The number of rotatable bonds is 2. The lowest BCUT2D eigenvalue weighted by molar-refractivity contribution is 0.0697. The molecule has 4 heteroatoms. The lowest BCUT2D eigenvalue weighted by atomic mass is 10.1. The largest absolute Gasteiger partial charge is 0.478 e. The molecule has 1 saturated heterocycles. The van der Waals surface area contributed by atoms with Crippen LogP contribution in [0.4, 0.5) is 5.69 Å². The van der Waals surface area contributed by atoms with Crippen molar-refractivity contribution in [2.75, 3.05) is 11.4 Å². The minimum absolute atomic E-state index is 0.273. The van der Waals surface area contributed by atoms with Gasteiger partial charge in [-0.1, -0.05) is 0 Å². The maximum absolute atomic E-state index is 10.7. The van der Waals surface area contributed by atoms with Gasteiger partial charge in [-0.15, -0.1) is 0 Å². The summed E-state index contributed by atoms with van der Waals surface area (Å²) in [6.07, 6.45) is 2.45. The summed E-state index contributed by atoms with van der Waals surface area (Å²) in [5.41, 5.74) is 1.16. The number of aromatic carboxylic acids is 1. The summed E-state index contributed by atoms with van der Waals surface area (Å²) >= 11 is 0. The molecule has 0 spiro atoms. The molecule has 1 fully saturated rings. The molecule has 1 atom stereocenters. The first-order valence-electron chi connectivity index (χ1n) is 5.46. The summed E-state index contributed by atoms with van der Waals surface area (Å²) in [4.78, 5) is 12.6. The third-order valence-corrected chi connectivity index (χ3v) is 2.92. The van der Waals surface area contributed by atoms with E-state index in [0.717, 1.165) is 31.5 Å². The molecule has 0 aromatic heterocycles.